The van der Waals surface area contributed by atoms with Crippen molar-refractivity contribution < 1.29 is 27.5 Å². The zero-order valence-electron chi connectivity index (χ0n) is 20.0. The molecule has 3 aromatic rings. The third-order valence-corrected chi connectivity index (χ3v) is 7.49. The highest BCUT2D eigenvalue weighted by Gasteiger charge is 2.24. The Morgan fingerprint density at radius 1 is 0.973 bits per heavy atom. The van der Waals surface area contributed by atoms with Crippen LogP contribution in [0.25, 0.3) is 0 Å². The lowest BCUT2D eigenvalue weighted by Crippen LogP contribution is -2.36. The van der Waals surface area contributed by atoms with Crippen molar-refractivity contribution in [3.63, 3.8) is 0 Å². The molecule has 1 heterocycles. The molecule has 0 unspecified atom stereocenters. The Morgan fingerprint density at radius 2 is 1.68 bits per heavy atom. The average Bonchev–Trinajstić information content (AvgIpc) is 3.14. The molecule has 37 heavy (non-hydrogen) atoms. The minimum absolute atomic E-state index is 0.0386. The largest absolute Gasteiger partial charge is 0.445 e. The molecule has 1 aliphatic heterocycles. The lowest BCUT2D eigenvalue weighted by atomic mass is 9.98. The predicted molar refractivity (Wildman–Crippen MR) is 139 cm³/mol. The molecular weight excluding hydrogens is 516 g/mol. The molecule has 1 atom stereocenters. The predicted octanol–water partition coefficient (Wildman–Crippen LogP) is 4.29. The first-order valence-corrected chi connectivity index (χ1v) is 13.6. The average molecular weight is 543 g/mol. The number of ether oxygens (including phenoxy) is 2. The molecule has 0 aliphatic carbocycles. The molecule has 8 nitrogen and oxygen atoms in total. The van der Waals surface area contributed by atoms with Gasteiger partial charge in [0.15, 0.2) is 0 Å². The number of nitrogens with zero attached hydrogens (tertiary/aromatic N) is 1. The summed E-state index contributed by atoms with van der Waals surface area (Å²) in [5.41, 5.74) is 2.07. The van der Waals surface area contributed by atoms with Crippen molar-refractivity contribution in [2.75, 3.05) is 26.3 Å². The molecule has 3 aromatic carbocycles. The number of carbonyl (C=O) groups is 2. The zero-order valence-corrected chi connectivity index (χ0v) is 21.6. The fourth-order valence-corrected chi connectivity index (χ4v) is 5.06. The zero-order chi connectivity index (χ0) is 26.3. The van der Waals surface area contributed by atoms with Gasteiger partial charge in [-0.1, -0.05) is 54.1 Å². The first kappa shape index (κ1) is 26.7. The standard InChI is InChI=1S/C27H27ClN2O6S/c28-24-10-12-25(13-11-24)37(33,34)29-26(31)23-8-6-20(7-9-23)16-22-17-30(14-15-35-18-22)27(32)36-19-21-4-2-1-3-5-21/h1-13,22H,14-19H2,(H,29,31)/t22-/m0/s1. The van der Waals surface area contributed by atoms with Crippen LogP contribution in [0.4, 0.5) is 4.79 Å². The number of benzene rings is 3. The van der Waals surface area contributed by atoms with Gasteiger partial charge in [0, 0.05) is 29.6 Å². The molecule has 1 saturated heterocycles. The van der Waals surface area contributed by atoms with Gasteiger partial charge >= 0.3 is 6.09 Å². The second kappa shape index (κ2) is 12.2. The first-order valence-electron chi connectivity index (χ1n) is 11.8. The fourth-order valence-electron chi connectivity index (χ4n) is 3.96. The summed E-state index contributed by atoms with van der Waals surface area (Å²) in [6.07, 6.45) is 0.237. The van der Waals surface area contributed by atoms with E-state index < -0.39 is 15.9 Å². The summed E-state index contributed by atoms with van der Waals surface area (Å²) >= 11 is 5.80. The molecule has 0 aromatic heterocycles. The Kier molecular flexibility index (Phi) is 8.81. The molecule has 1 fully saturated rings. The third-order valence-electron chi connectivity index (χ3n) is 5.89. The van der Waals surface area contributed by atoms with Crippen molar-refractivity contribution >= 4 is 33.6 Å². The quantitative estimate of drug-likeness (QED) is 0.478. The van der Waals surface area contributed by atoms with E-state index in [0.29, 0.717) is 37.7 Å². The van der Waals surface area contributed by atoms with E-state index in [1.54, 1.807) is 29.2 Å². The molecule has 0 saturated carbocycles. The van der Waals surface area contributed by atoms with Crippen LogP contribution in [0.2, 0.25) is 5.02 Å². The summed E-state index contributed by atoms with van der Waals surface area (Å²) < 4.78 is 38.2. The van der Waals surface area contributed by atoms with E-state index in [-0.39, 0.29) is 29.1 Å². The maximum atomic E-state index is 12.6. The van der Waals surface area contributed by atoms with Crippen molar-refractivity contribution in [3.8, 4) is 0 Å². The van der Waals surface area contributed by atoms with Crippen LogP contribution in [0.5, 0.6) is 0 Å². The molecule has 0 spiro atoms. The lowest BCUT2D eigenvalue weighted by molar-refractivity contribution is 0.0914. The highest BCUT2D eigenvalue weighted by molar-refractivity contribution is 7.90. The highest BCUT2D eigenvalue weighted by Crippen LogP contribution is 2.17. The lowest BCUT2D eigenvalue weighted by Gasteiger charge is -2.23. The van der Waals surface area contributed by atoms with E-state index in [4.69, 9.17) is 21.1 Å². The Morgan fingerprint density at radius 3 is 2.38 bits per heavy atom. The Bertz CT molecular complexity index is 1320. The molecular formula is C27H27ClN2O6S. The van der Waals surface area contributed by atoms with Crippen molar-refractivity contribution in [2.45, 2.75) is 17.9 Å². The maximum absolute atomic E-state index is 12.6. The van der Waals surface area contributed by atoms with Crippen LogP contribution in [-0.4, -0.2) is 51.6 Å². The van der Waals surface area contributed by atoms with E-state index in [2.05, 4.69) is 4.72 Å². The van der Waals surface area contributed by atoms with Crippen LogP contribution >= 0.6 is 11.6 Å². The number of halogens is 1. The number of rotatable bonds is 7. The van der Waals surface area contributed by atoms with Crippen molar-refractivity contribution in [2.24, 2.45) is 5.92 Å². The summed E-state index contributed by atoms with van der Waals surface area (Å²) in [4.78, 5) is 26.8. The number of hydrogen-bond donors (Lipinski definition) is 1. The van der Waals surface area contributed by atoms with E-state index in [0.717, 1.165) is 11.1 Å². The van der Waals surface area contributed by atoms with Gasteiger partial charge in [-0.05, 0) is 53.9 Å². The van der Waals surface area contributed by atoms with E-state index in [1.807, 2.05) is 30.3 Å². The summed E-state index contributed by atoms with van der Waals surface area (Å²) in [7, 11) is -4.02. The minimum Gasteiger partial charge on any atom is -0.445 e. The molecule has 1 N–H and O–H groups in total. The smallest absolute Gasteiger partial charge is 0.410 e. The Labute approximate surface area is 221 Å². The number of amides is 2. The first-order chi connectivity index (χ1) is 17.8. The second-order valence-corrected chi connectivity index (χ2v) is 10.8. The second-order valence-electron chi connectivity index (χ2n) is 8.72. The highest BCUT2D eigenvalue weighted by atomic mass is 35.5. The minimum atomic E-state index is -4.02. The van der Waals surface area contributed by atoms with Gasteiger partial charge in [-0.25, -0.2) is 17.9 Å². The van der Waals surface area contributed by atoms with Gasteiger partial charge in [-0.15, -0.1) is 0 Å². The Hall–Kier alpha value is -3.40. The molecule has 0 bridgehead atoms. The number of sulfonamides is 1. The maximum Gasteiger partial charge on any atom is 0.410 e. The topological polar surface area (TPSA) is 102 Å². The van der Waals surface area contributed by atoms with Crippen molar-refractivity contribution in [1.82, 2.24) is 9.62 Å². The number of hydrogen-bond acceptors (Lipinski definition) is 6. The summed E-state index contributed by atoms with van der Waals surface area (Å²) in [6, 6.07) is 21.7. The Balaban J connectivity index is 1.33. The van der Waals surface area contributed by atoms with Gasteiger partial charge in [0.1, 0.15) is 6.61 Å². The SMILES string of the molecule is O=C(NS(=O)(=O)c1ccc(Cl)cc1)c1ccc(C[C@@H]2COCCN(C(=O)OCc3ccccc3)C2)cc1. The van der Waals surface area contributed by atoms with Crippen LogP contribution in [0.1, 0.15) is 21.5 Å². The van der Waals surface area contributed by atoms with Gasteiger partial charge in [0.05, 0.1) is 18.1 Å². The van der Waals surface area contributed by atoms with Crippen LogP contribution in [0.15, 0.2) is 83.8 Å². The molecule has 194 valence electrons. The van der Waals surface area contributed by atoms with Crippen LogP contribution in [0.3, 0.4) is 0 Å². The van der Waals surface area contributed by atoms with Gasteiger partial charge in [-0.3, -0.25) is 4.79 Å². The molecule has 1 aliphatic rings. The summed E-state index contributed by atoms with van der Waals surface area (Å²) in [5.74, 6) is -0.691. The molecule has 2 amide bonds. The molecule has 10 heteroatoms. The number of nitrogens with one attached hydrogen (secondary N) is 1. The van der Waals surface area contributed by atoms with Crippen molar-refractivity contribution in [3.05, 3.63) is 101 Å². The van der Waals surface area contributed by atoms with Gasteiger partial charge in [-0.2, -0.15) is 0 Å². The summed E-state index contributed by atoms with van der Waals surface area (Å²) in [5, 5.41) is 0.395. The van der Waals surface area contributed by atoms with Gasteiger partial charge in [0.25, 0.3) is 15.9 Å². The van der Waals surface area contributed by atoms with Crippen LogP contribution in [0, 0.1) is 5.92 Å². The van der Waals surface area contributed by atoms with Gasteiger partial charge in [0.2, 0.25) is 0 Å². The fraction of sp³-hybridized carbons (Fsp3) is 0.259. The number of carbonyl (C=O) groups excluding carboxylic acids is 2. The normalized spacial score (nSPS) is 16.0. The monoisotopic (exact) mass is 542 g/mol. The van der Waals surface area contributed by atoms with Gasteiger partial charge < -0.3 is 14.4 Å². The third kappa shape index (κ3) is 7.55. The van der Waals surface area contributed by atoms with E-state index in [9.17, 15) is 18.0 Å². The molecule has 0 radical (unpaired) electrons. The summed E-state index contributed by atoms with van der Waals surface area (Å²) in [6.45, 7) is 2.06. The van der Waals surface area contributed by atoms with Crippen molar-refractivity contribution in [1.29, 1.82) is 0 Å². The van der Waals surface area contributed by atoms with Crippen LogP contribution in [-0.2, 0) is 32.5 Å². The van der Waals surface area contributed by atoms with E-state index in [1.165, 1.54) is 24.3 Å². The van der Waals surface area contributed by atoms with E-state index >= 15 is 0 Å². The molecule has 4 rings (SSSR count). The van der Waals surface area contributed by atoms with Crippen LogP contribution < -0.4 is 4.72 Å².